The molecular weight excluding hydrogens is 354 g/mol. The fourth-order valence-corrected chi connectivity index (χ4v) is 5.02. The lowest BCUT2D eigenvalue weighted by Gasteiger charge is -2.31. The van der Waals surface area contributed by atoms with Crippen LogP contribution in [0.15, 0.2) is 34.7 Å². The van der Waals surface area contributed by atoms with Crippen LogP contribution in [0, 0.1) is 5.92 Å². The van der Waals surface area contributed by atoms with E-state index in [0.29, 0.717) is 10.2 Å². The van der Waals surface area contributed by atoms with Crippen molar-refractivity contribution < 1.29 is 8.42 Å². The minimum Gasteiger partial charge on any atom is -0.370 e. The predicted octanol–water partition coefficient (Wildman–Crippen LogP) is 3.83. The Morgan fingerprint density at radius 2 is 2.00 bits per heavy atom. The molecule has 1 aliphatic heterocycles. The van der Waals surface area contributed by atoms with Gasteiger partial charge in [0.2, 0.25) is 0 Å². The number of sulfonamides is 1. The Labute approximate surface area is 145 Å². The first-order valence-electron chi connectivity index (χ1n) is 7.43. The molecule has 0 saturated carbocycles. The molecule has 5 nitrogen and oxygen atoms in total. The van der Waals surface area contributed by atoms with Crippen LogP contribution in [0.1, 0.15) is 19.8 Å². The fourth-order valence-electron chi connectivity index (χ4n) is 2.53. The first kappa shape index (κ1) is 16.5. The Morgan fingerprint density at radius 3 is 2.57 bits per heavy atom. The summed E-state index contributed by atoms with van der Waals surface area (Å²) in [6.45, 7) is 4.30. The van der Waals surface area contributed by atoms with Crippen molar-refractivity contribution in [2.24, 2.45) is 5.92 Å². The average molecular weight is 372 g/mol. The van der Waals surface area contributed by atoms with Crippen LogP contribution in [0.4, 0.5) is 11.5 Å². The van der Waals surface area contributed by atoms with Gasteiger partial charge in [0, 0.05) is 13.1 Å². The number of nitrogens with one attached hydrogen (secondary N) is 1. The number of hydrogen-bond acceptors (Lipinski definition) is 5. The van der Waals surface area contributed by atoms with Gasteiger partial charge in [0.15, 0.2) is 0 Å². The monoisotopic (exact) mass is 371 g/mol. The summed E-state index contributed by atoms with van der Waals surface area (Å²) < 4.78 is 27.6. The molecule has 0 atom stereocenters. The van der Waals surface area contributed by atoms with Gasteiger partial charge < -0.3 is 4.90 Å². The Balaban J connectivity index is 1.70. The maximum absolute atomic E-state index is 12.2. The predicted molar refractivity (Wildman–Crippen MR) is 95.0 cm³/mol. The van der Waals surface area contributed by atoms with Gasteiger partial charge in [-0.25, -0.2) is 13.4 Å². The summed E-state index contributed by atoms with van der Waals surface area (Å²) in [6.07, 6.45) is 4.07. The molecule has 2 aromatic rings. The Hall–Kier alpha value is -1.31. The molecule has 0 unspecified atom stereocenters. The zero-order chi connectivity index (χ0) is 16.4. The van der Waals surface area contributed by atoms with Gasteiger partial charge in [-0.3, -0.25) is 4.72 Å². The van der Waals surface area contributed by atoms with E-state index in [9.17, 15) is 8.42 Å². The molecule has 124 valence electrons. The third kappa shape index (κ3) is 3.97. The maximum Gasteiger partial charge on any atom is 0.272 e. The normalized spacial score (nSPS) is 16.5. The van der Waals surface area contributed by atoms with Crippen molar-refractivity contribution in [2.75, 3.05) is 22.7 Å². The summed E-state index contributed by atoms with van der Waals surface area (Å²) in [6, 6.07) is 6.65. The highest BCUT2D eigenvalue weighted by Gasteiger charge is 2.19. The number of piperidine rings is 1. The summed E-state index contributed by atoms with van der Waals surface area (Å²) in [5.41, 5.74) is 1.03. The molecule has 1 N–H and O–H groups in total. The first-order valence-corrected chi connectivity index (χ1v) is 10.1. The number of nitrogens with zero attached hydrogens (tertiary/aromatic N) is 2. The van der Waals surface area contributed by atoms with E-state index in [-0.39, 0.29) is 4.21 Å². The Kier molecular flexibility index (Phi) is 4.79. The first-order chi connectivity index (χ1) is 10.9. The molecule has 8 heteroatoms. The Bertz CT molecular complexity index is 766. The third-order valence-electron chi connectivity index (χ3n) is 3.95. The minimum atomic E-state index is -3.63. The molecule has 1 aliphatic rings. The van der Waals surface area contributed by atoms with Crippen LogP contribution >= 0.6 is 22.9 Å². The summed E-state index contributed by atoms with van der Waals surface area (Å²) in [7, 11) is -3.63. The third-order valence-corrected chi connectivity index (χ3v) is 7.03. The van der Waals surface area contributed by atoms with Gasteiger partial charge in [0.1, 0.15) is 10.0 Å². The van der Waals surface area contributed by atoms with Crippen molar-refractivity contribution in [1.82, 2.24) is 4.98 Å². The lowest BCUT2D eigenvalue weighted by atomic mass is 9.99. The van der Waals surface area contributed by atoms with Gasteiger partial charge in [0.25, 0.3) is 10.0 Å². The largest absolute Gasteiger partial charge is 0.370 e. The van der Waals surface area contributed by atoms with E-state index >= 15 is 0 Å². The van der Waals surface area contributed by atoms with E-state index < -0.39 is 10.0 Å². The topological polar surface area (TPSA) is 62.3 Å². The van der Waals surface area contributed by atoms with Crippen molar-refractivity contribution in [3.63, 3.8) is 0 Å². The van der Waals surface area contributed by atoms with Gasteiger partial charge in [-0.2, -0.15) is 0 Å². The number of pyridine rings is 1. The molecule has 0 spiro atoms. The molecular formula is C15H18ClN3O2S2. The van der Waals surface area contributed by atoms with Crippen LogP contribution in [-0.4, -0.2) is 26.5 Å². The standard InChI is InChI=1S/C15H18ClN3O2S2/c1-11-6-8-19(9-7-11)12-2-4-14(17-10-12)18-23(20,21)15-5-3-13(16)22-15/h2-5,10-11H,6-9H2,1H3,(H,17,18). The highest BCUT2D eigenvalue weighted by Crippen LogP contribution is 2.27. The molecule has 2 aromatic heterocycles. The zero-order valence-electron chi connectivity index (χ0n) is 12.7. The molecule has 0 bridgehead atoms. The highest BCUT2D eigenvalue weighted by molar-refractivity contribution is 7.94. The lowest BCUT2D eigenvalue weighted by Crippen LogP contribution is -2.32. The summed E-state index contributed by atoms with van der Waals surface area (Å²) in [5.74, 6) is 1.08. The zero-order valence-corrected chi connectivity index (χ0v) is 15.1. The van der Waals surface area contributed by atoms with Crippen molar-refractivity contribution in [3.05, 3.63) is 34.8 Å². The smallest absolute Gasteiger partial charge is 0.272 e. The number of anilines is 2. The van der Waals surface area contributed by atoms with E-state index in [1.165, 1.54) is 18.9 Å². The number of rotatable bonds is 4. The van der Waals surface area contributed by atoms with Gasteiger partial charge in [-0.1, -0.05) is 18.5 Å². The summed E-state index contributed by atoms with van der Waals surface area (Å²) >= 11 is 6.81. The second-order valence-electron chi connectivity index (χ2n) is 5.74. The number of aromatic nitrogens is 1. The van der Waals surface area contributed by atoms with Gasteiger partial charge in [-0.15, -0.1) is 11.3 Å². The van der Waals surface area contributed by atoms with E-state index in [1.807, 2.05) is 6.07 Å². The lowest BCUT2D eigenvalue weighted by molar-refractivity contribution is 0.438. The van der Waals surface area contributed by atoms with Crippen LogP contribution < -0.4 is 9.62 Å². The number of thiophene rings is 1. The molecule has 3 heterocycles. The second kappa shape index (κ2) is 6.67. The quantitative estimate of drug-likeness (QED) is 0.887. The van der Waals surface area contributed by atoms with Gasteiger partial charge in [0.05, 0.1) is 16.2 Å². The molecule has 1 fully saturated rings. The van der Waals surface area contributed by atoms with Crippen molar-refractivity contribution in [1.29, 1.82) is 0 Å². The minimum absolute atomic E-state index is 0.179. The van der Waals surface area contributed by atoms with Crippen LogP contribution in [0.3, 0.4) is 0 Å². The van der Waals surface area contributed by atoms with Crippen LogP contribution in [0.2, 0.25) is 4.34 Å². The van der Waals surface area contributed by atoms with E-state index in [0.717, 1.165) is 36.0 Å². The molecule has 0 radical (unpaired) electrons. The van der Waals surface area contributed by atoms with E-state index in [2.05, 4.69) is 21.5 Å². The average Bonchev–Trinajstić information content (AvgIpc) is 2.96. The molecule has 0 aromatic carbocycles. The number of hydrogen-bond donors (Lipinski definition) is 1. The number of halogens is 1. The fraction of sp³-hybridized carbons (Fsp3) is 0.400. The molecule has 23 heavy (non-hydrogen) atoms. The van der Waals surface area contributed by atoms with Crippen LogP contribution in [-0.2, 0) is 10.0 Å². The van der Waals surface area contributed by atoms with Crippen molar-refractivity contribution >= 4 is 44.5 Å². The molecule has 0 amide bonds. The van der Waals surface area contributed by atoms with Gasteiger partial charge in [-0.05, 0) is 43.0 Å². The van der Waals surface area contributed by atoms with Crippen molar-refractivity contribution in [3.8, 4) is 0 Å². The summed E-state index contributed by atoms with van der Waals surface area (Å²) in [4.78, 5) is 6.51. The summed E-state index contributed by atoms with van der Waals surface area (Å²) in [5, 5.41) is 0. The van der Waals surface area contributed by atoms with E-state index in [4.69, 9.17) is 11.6 Å². The second-order valence-corrected chi connectivity index (χ2v) is 9.36. The highest BCUT2D eigenvalue weighted by atomic mass is 35.5. The molecule has 1 saturated heterocycles. The van der Waals surface area contributed by atoms with Crippen LogP contribution in [0.5, 0.6) is 0 Å². The molecule has 3 rings (SSSR count). The molecule has 0 aliphatic carbocycles. The van der Waals surface area contributed by atoms with Crippen molar-refractivity contribution in [2.45, 2.75) is 24.0 Å². The SMILES string of the molecule is CC1CCN(c2ccc(NS(=O)(=O)c3ccc(Cl)s3)nc2)CC1. The Morgan fingerprint density at radius 1 is 1.26 bits per heavy atom. The van der Waals surface area contributed by atoms with Crippen LogP contribution in [0.25, 0.3) is 0 Å². The maximum atomic E-state index is 12.2. The van der Waals surface area contributed by atoms with Gasteiger partial charge >= 0.3 is 0 Å². The van der Waals surface area contributed by atoms with E-state index in [1.54, 1.807) is 18.3 Å².